The topological polar surface area (TPSA) is 62.3 Å². The first-order valence-corrected chi connectivity index (χ1v) is 12.0. The van der Waals surface area contributed by atoms with Gasteiger partial charge in [-0.3, -0.25) is 14.6 Å². The lowest BCUT2D eigenvalue weighted by molar-refractivity contribution is 0.0684. The Morgan fingerprint density at radius 2 is 2.00 bits per heavy atom. The largest absolute Gasteiger partial charge is 0.351 e. The predicted molar refractivity (Wildman–Crippen MR) is 126 cm³/mol. The summed E-state index contributed by atoms with van der Waals surface area (Å²) >= 11 is 1.47. The number of fused-ring (bicyclic) bond motifs is 1. The maximum atomic E-state index is 13.5. The van der Waals surface area contributed by atoms with Crippen molar-refractivity contribution < 1.29 is 14.0 Å². The molecular weight excluding hydrogens is 425 g/mol. The summed E-state index contributed by atoms with van der Waals surface area (Å²) in [7, 11) is 0. The molecule has 0 spiro atoms. The Hall–Kier alpha value is -2.80. The maximum Gasteiger partial charge on any atom is 0.261 e. The number of rotatable bonds is 7. The summed E-state index contributed by atoms with van der Waals surface area (Å²) in [6.07, 6.45) is 8.57. The molecule has 0 aliphatic carbocycles. The van der Waals surface area contributed by atoms with E-state index in [0.29, 0.717) is 18.0 Å². The number of nitrogens with zero attached hydrogens (tertiary/aromatic N) is 2. The Balaban J connectivity index is 1.15. The number of halogens is 1. The van der Waals surface area contributed by atoms with Gasteiger partial charge < -0.3 is 10.2 Å². The number of aromatic nitrogens is 1. The van der Waals surface area contributed by atoms with Gasteiger partial charge in [-0.15, -0.1) is 11.3 Å². The molecule has 1 aromatic carbocycles. The molecule has 1 aliphatic rings. The van der Waals surface area contributed by atoms with E-state index in [-0.39, 0.29) is 17.6 Å². The summed E-state index contributed by atoms with van der Waals surface area (Å²) in [5.41, 5.74) is 1.28. The zero-order valence-corrected chi connectivity index (χ0v) is 19.1. The molecule has 3 heterocycles. The van der Waals surface area contributed by atoms with E-state index in [1.807, 2.05) is 24.0 Å². The minimum absolute atomic E-state index is 0.0225. The van der Waals surface area contributed by atoms with Crippen LogP contribution >= 0.6 is 11.3 Å². The van der Waals surface area contributed by atoms with Crippen LogP contribution in [-0.2, 0) is 0 Å². The first kappa shape index (κ1) is 22.4. The van der Waals surface area contributed by atoms with E-state index in [0.717, 1.165) is 65.7 Å². The Labute approximate surface area is 191 Å². The molecular formula is C25H28FN3O2S. The molecule has 2 amide bonds. The molecule has 1 fully saturated rings. The normalized spacial score (nSPS) is 14.6. The number of pyridine rings is 1. The van der Waals surface area contributed by atoms with Gasteiger partial charge >= 0.3 is 0 Å². The molecule has 0 saturated carbocycles. The maximum absolute atomic E-state index is 13.5. The number of unbranched alkanes of at least 4 members (excludes halogenated alkanes) is 1. The Kier molecular flexibility index (Phi) is 7.15. The number of aryl methyl sites for hydroxylation is 1. The Morgan fingerprint density at radius 3 is 2.78 bits per heavy atom. The van der Waals surface area contributed by atoms with Gasteiger partial charge in [0.15, 0.2) is 0 Å². The van der Waals surface area contributed by atoms with Gasteiger partial charge in [0.05, 0.1) is 9.58 Å². The van der Waals surface area contributed by atoms with E-state index in [1.165, 1.54) is 23.5 Å². The van der Waals surface area contributed by atoms with Crippen molar-refractivity contribution in [3.63, 3.8) is 0 Å². The van der Waals surface area contributed by atoms with Gasteiger partial charge in [-0.1, -0.05) is 18.9 Å². The fourth-order valence-corrected chi connectivity index (χ4v) is 5.21. The lowest BCUT2D eigenvalue weighted by atomic mass is 9.91. The van der Waals surface area contributed by atoms with E-state index < -0.39 is 0 Å². The van der Waals surface area contributed by atoms with Crippen LogP contribution in [-0.4, -0.2) is 41.3 Å². The van der Waals surface area contributed by atoms with Crippen molar-refractivity contribution in [2.75, 3.05) is 19.6 Å². The van der Waals surface area contributed by atoms with Gasteiger partial charge in [-0.05, 0) is 67.3 Å². The van der Waals surface area contributed by atoms with E-state index >= 15 is 0 Å². The van der Waals surface area contributed by atoms with Crippen molar-refractivity contribution in [1.29, 1.82) is 0 Å². The van der Waals surface area contributed by atoms with Crippen molar-refractivity contribution in [3.8, 4) is 0 Å². The number of piperidine rings is 1. The van der Waals surface area contributed by atoms with E-state index in [2.05, 4.69) is 10.3 Å². The molecule has 32 heavy (non-hydrogen) atoms. The smallest absolute Gasteiger partial charge is 0.261 e. The van der Waals surface area contributed by atoms with Crippen LogP contribution in [0.25, 0.3) is 10.1 Å². The third-order valence-electron chi connectivity index (χ3n) is 6.20. The highest BCUT2D eigenvalue weighted by atomic mass is 32.1. The first-order valence-electron chi connectivity index (χ1n) is 11.2. The highest BCUT2D eigenvalue weighted by Gasteiger charge is 2.24. The molecule has 1 aliphatic heterocycles. The van der Waals surface area contributed by atoms with Crippen LogP contribution in [0.4, 0.5) is 4.39 Å². The highest BCUT2D eigenvalue weighted by molar-refractivity contribution is 7.20. The highest BCUT2D eigenvalue weighted by Crippen LogP contribution is 2.25. The second-order valence-corrected chi connectivity index (χ2v) is 9.55. The van der Waals surface area contributed by atoms with Crippen LogP contribution in [0.5, 0.6) is 0 Å². The first-order chi connectivity index (χ1) is 15.5. The number of hydrogen-bond acceptors (Lipinski definition) is 4. The quantitative estimate of drug-likeness (QED) is 0.501. The van der Waals surface area contributed by atoms with Gasteiger partial charge in [0.1, 0.15) is 5.82 Å². The zero-order valence-electron chi connectivity index (χ0n) is 18.3. The van der Waals surface area contributed by atoms with Crippen molar-refractivity contribution in [2.45, 2.75) is 39.0 Å². The third kappa shape index (κ3) is 5.33. The molecule has 168 valence electrons. The summed E-state index contributed by atoms with van der Waals surface area (Å²) < 4.78 is 14.6. The average Bonchev–Trinajstić information content (AvgIpc) is 3.25. The van der Waals surface area contributed by atoms with Crippen LogP contribution in [0.3, 0.4) is 0 Å². The average molecular weight is 454 g/mol. The zero-order chi connectivity index (χ0) is 22.5. The predicted octanol–water partition coefficient (Wildman–Crippen LogP) is 5.20. The van der Waals surface area contributed by atoms with Crippen molar-refractivity contribution in [3.05, 3.63) is 64.5 Å². The minimum atomic E-state index is -0.370. The van der Waals surface area contributed by atoms with Gasteiger partial charge in [-0.2, -0.15) is 0 Å². The van der Waals surface area contributed by atoms with Crippen LogP contribution < -0.4 is 5.32 Å². The van der Waals surface area contributed by atoms with Crippen molar-refractivity contribution in [1.82, 2.24) is 15.2 Å². The molecule has 4 rings (SSSR count). The number of amides is 2. The summed E-state index contributed by atoms with van der Waals surface area (Å²) in [6.45, 7) is 3.95. The molecule has 7 heteroatoms. The van der Waals surface area contributed by atoms with Gasteiger partial charge in [0, 0.05) is 37.6 Å². The van der Waals surface area contributed by atoms with Crippen molar-refractivity contribution >= 4 is 33.2 Å². The van der Waals surface area contributed by atoms with E-state index in [1.54, 1.807) is 18.5 Å². The number of carbonyl (C=O) groups is 2. The number of likely N-dealkylation sites (tertiary alicyclic amines) is 1. The number of hydrogen-bond donors (Lipinski definition) is 1. The second-order valence-electron chi connectivity index (χ2n) is 8.47. The van der Waals surface area contributed by atoms with Gasteiger partial charge in [0.25, 0.3) is 11.8 Å². The molecule has 2 aromatic heterocycles. The number of nitrogens with one attached hydrogen (secondary N) is 1. The fourth-order valence-electron chi connectivity index (χ4n) is 4.26. The van der Waals surface area contributed by atoms with Gasteiger partial charge in [0.2, 0.25) is 0 Å². The summed E-state index contributed by atoms with van der Waals surface area (Å²) in [5.74, 6) is 0.134. The molecule has 3 aromatic rings. The summed E-state index contributed by atoms with van der Waals surface area (Å²) in [5, 5.41) is 4.06. The van der Waals surface area contributed by atoms with Gasteiger partial charge in [-0.25, -0.2) is 4.39 Å². The lowest BCUT2D eigenvalue weighted by Crippen LogP contribution is -2.38. The van der Waals surface area contributed by atoms with E-state index in [4.69, 9.17) is 0 Å². The van der Waals surface area contributed by atoms with E-state index in [9.17, 15) is 14.0 Å². The molecule has 1 N–H and O–H groups in total. The Morgan fingerprint density at radius 1 is 1.19 bits per heavy atom. The fraction of sp³-hybridized carbons (Fsp3) is 0.400. The number of benzene rings is 1. The SMILES string of the molecule is Cc1ccc(F)cc1C(=O)N1CCC(CCCCNC(=O)c2cc3ccncc3s2)CC1. The molecule has 0 bridgehead atoms. The molecule has 1 saturated heterocycles. The minimum Gasteiger partial charge on any atom is -0.351 e. The number of thiophene rings is 1. The monoisotopic (exact) mass is 453 g/mol. The lowest BCUT2D eigenvalue weighted by Gasteiger charge is -2.32. The number of carbonyl (C=O) groups excluding carboxylic acids is 2. The van der Waals surface area contributed by atoms with Crippen LogP contribution in [0.1, 0.15) is 57.7 Å². The van der Waals surface area contributed by atoms with Crippen LogP contribution in [0.15, 0.2) is 42.7 Å². The summed E-state index contributed by atoms with van der Waals surface area (Å²) in [6, 6.07) is 8.22. The molecule has 0 atom stereocenters. The van der Waals surface area contributed by atoms with Crippen LogP contribution in [0, 0.1) is 18.7 Å². The molecule has 0 radical (unpaired) electrons. The molecule has 5 nitrogen and oxygen atoms in total. The molecule has 0 unspecified atom stereocenters. The standard InChI is InChI=1S/C25H28FN3O2S/c1-17-5-6-20(26)15-21(17)25(31)29-12-8-18(9-13-29)4-2-3-10-28-24(30)22-14-19-7-11-27-16-23(19)32-22/h5-7,11,14-16,18H,2-4,8-10,12-13H2,1H3,(H,28,30). The Bertz CT molecular complexity index is 1070. The second kappa shape index (κ2) is 10.2. The van der Waals surface area contributed by atoms with Crippen LogP contribution in [0.2, 0.25) is 0 Å². The third-order valence-corrected chi connectivity index (χ3v) is 7.29. The summed E-state index contributed by atoms with van der Waals surface area (Å²) in [4.78, 5) is 31.8. The van der Waals surface area contributed by atoms with Crippen molar-refractivity contribution in [2.24, 2.45) is 5.92 Å².